The van der Waals surface area contributed by atoms with Crippen molar-refractivity contribution in [2.45, 2.75) is 6.61 Å². The van der Waals surface area contributed by atoms with Crippen LogP contribution in [0.15, 0.2) is 60.7 Å². The third kappa shape index (κ3) is 3.24. The third-order valence-electron chi connectivity index (χ3n) is 3.34. The molecule has 0 aliphatic carbocycles. The number of ether oxygens (including phenoxy) is 1. The average molecular weight is 331 g/mol. The topological polar surface area (TPSA) is 26.3 Å². The predicted octanol–water partition coefficient (Wildman–Crippen LogP) is 5.50. The number of halogens is 2. The Morgan fingerprint density at radius 2 is 1.64 bits per heavy atom. The largest absolute Gasteiger partial charge is 0.457 e. The molecule has 0 saturated carbocycles. The monoisotopic (exact) mass is 330 g/mol. The highest BCUT2D eigenvalue weighted by atomic mass is 35.5. The van der Waals surface area contributed by atoms with Crippen molar-refractivity contribution in [2.24, 2.45) is 0 Å². The molecule has 3 aromatic rings. The maximum absolute atomic E-state index is 12.0. The number of hydrogen-bond acceptors (Lipinski definition) is 2. The first-order valence-electron chi connectivity index (χ1n) is 6.73. The normalized spacial score (nSPS) is 10.6. The van der Waals surface area contributed by atoms with E-state index in [1.165, 1.54) is 6.07 Å². The van der Waals surface area contributed by atoms with E-state index in [9.17, 15) is 4.79 Å². The fourth-order valence-corrected chi connectivity index (χ4v) is 2.48. The van der Waals surface area contributed by atoms with Gasteiger partial charge in [0.05, 0.1) is 15.6 Å². The van der Waals surface area contributed by atoms with Crippen molar-refractivity contribution >= 4 is 39.9 Å². The van der Waals surface area contributed by atoms with E-state index in [0.717, 1.165) is 16.3 Å². The van der Waals surface area contributed by atoms with E-state index < -0.39 is 5.97 Å². The Kier molecular flexibility index (Phi) is 4.32. The van der Waals surface area contributed by atoms with Gasteiger partial charge in [-0.2, -0.15) is 0 Å². The van der Waals surface area contributed by atoms with Gasteiger partial charge in [-0.1, -0.05) is 59.6 Å². The van der Waals surface area contributed by atoms with Crippen molar-refractivity contribution in [3.63, 3.8) is 0 Å². The predicted molar refractivity (Wildman–Crippen MR) is 89.5 cm³/mol. The summed E-state index contributed by atoms with van der Waals surface area (Å²) in [5, 5.41) is 3.02. The molecule has 3 rings (SSSR count). The van der Waals surface area contributed by atoms with Gasteiger partial charge in [-0.3, -0.25) is 0 Å². The zero-order valence-electron chi connectivity index (χ0n) is 11.6. The van der Waals surface area contributed by atoms with Crippen molar-refractivity contribution in [1.82, 2.24) is 0 Å². The Bertz CT molecular complexity index is 843. The second kappa shape index (κ2) is 6.39. The molecule has 0 spiro atoms. The number of benzene rings is 3. The minimum absolute atomic E-state index is 0.212. The zero-order chi connectivity index (χ0) is 15.5. The molecule has 110 valence electrons. The highest BCUT2D eigenvalue weighted by Gasteiger charge is 2.09. The molecule has 0 amide bonds. The summed E-state index contributed by atoms with van der Waals surface area (Å²) >= 11 is 11.7. The highest BCUT2D eigenvalue weighted by molar-refractivity contribution is 6.42. The first kappa shape index (κ1) is 14.9. The maximum atomic E-state index is 12.0. The lowest BCUT2D eigenvalue weighted by molar-refractivity contribution is 0.0473. The summed E-state index contributed by atoms with van der Waals surface area (Å²) in [5.41, 5.74) is 1.32. The van der Waals surface area contributed by atoms with Crippen LogP contribution < -0.4 is 0 Å². The summed E-state index contributed by atoms with van der Waals surface area (Å²) in [6.07, 6.45) is 0. The molecule has 0 fully saturated rings. The van der Waals surface area contributed by atoms with Gasteiger partial charge in [-0.25, -0.2) is 4.79 Å². The molecule has 0 unspecified atom stereocenters. The van der Waals surface area contributed by atoms with Crippen LogP contribution in [0.3, 0.4) is 0 Å². The minimum atomic E-state index is -0.424. The van der Waals surface area contributed by atoms with Gasteiger partial charge < -0.3 is 4.74 Å². The Morgan fingerprint density at radius 3 is 2.41 bits per heavy atom. The summed E-state index contributed by atoms with van der Waals surface area (Å²) in [4.78, 5) is 12.0. The molecular formula is C18H12Cl2O2. The molecule has 0 heterocycles. The van der Waals surface area contributed by atoms with Crippen LogP contribution in [0.2, 0.25) is 10.0 Å². The van der Waals surface area contributed by atoms with Crippen LogP contribution in [0.1, 0.15) is 15.9 Å². The van der Waals surface area contributed by atoms with Crippen LogP contribution >= 0.6 is 23.2 Å². The molecule has 0 bridgehead atoms. The van der Waals surface area contributed by atoms with E-state index in [4.69, 9.17) is 27.9 Å². The number of esters is 1. The van der Waals surface area contributed by atoms with Crippen molar-refractivity contribution in [3.05, 3.63) is 81.8 Å². The molecular weight excluding hydrogens is 319 g/mol. The lowest BCUT2D eigenvalue weighted by atomic mass is 10.1. The molecule has 22 heavy (non-hydrogen) atoms. The molecule has 3 aromatic carbocycles. The van der Waals surface area contributed by atoms with Gasteiger partial charge >= 0.3 is 5.97 Å². The number of carbonyl (C=O) groups excluding carboxylic acids is 1. The quantitative estimate of drug-likeness (QED) is 0.592. The smallest absolute Gasteiger partial charge is 0.338 e. The number of rotatable bonds is 3. The van der Waals surface area contributed by atoms with Gasteiger partial charge in [0.2, 0.25) is 0 Å². The molecule has 0 aliphatic rings. The van der Waals surface area contributed by atoms with E-state index in [1.54, 1.807) is 12.1 Å². The molecule has 0 aliphatic heterocycles. The first-order valence-corrected chi connectivity index (χ1v) is 7.49. The molecule has 0 radical (unpaired) electrons. The fraction of sp³-hybridized carbons (Fsp3) is 0.0556. The molecule has 0 atom stereocenters. The van der Waals surface area contributed by atoms with E-state index in [2.05, 4.69) is 0 Å². The van der Waals surface area contributed by atoms with Crippen molar-refractivity contribution < 1.29 is 9.53 Å². The van der Waals surface area contributed by atoms with Gasteiger partial charge in [0.25, 0.3) is 0 Å². The van der Waals surface area contributed by atoms with Crippen LogP contribution in [0, 0.1) is 0 Å². The third-order valence-corrected chi connectivity index (χ3v) is 4.08. The van der Waals surface area contributed by atoms with Crippen molar-refractivity contribution in [2.75, 3.05) is 0 Å². The molecule has 0 saturated heterocycles. The van der Waals surface area contributed by atoms with Crippen LogP contribution in [0.5, 0.6) is 0 Å². The molecule has 0 aromatic heterocycles. The van der Waals surface area contributed by atoms with Gasteiger partial charge in [0.15, 0.2) is 0 Å². The van der Waals surface area contributed by atoms with E-state index in [1.807, 2.05) is 42.5 Å². The Hall–Kier alpha value is -2.03. The summed E-state index contributed by atoms with van der Waals surface area (Å²) in [7, 11) is 0. The maximum Gasteiger partial charge on any atom is 0.338 e. The van der Waals surface area contributed by atoms with Crippen LogP contribution in [0.25, 0.3) is 10.8 Å². The number of carbonyl (C=O) groups is 1. The second-order valence-electron chi connectivity index (χ2n) is 4.89. The lowest BCUT2D eigenvalue weighted by Gasteiger charge is -2.07. The van der Waals surface area contributed by atoms with Gasteiger partial charge in [0.1, 0.15) is 6.61 Å². The number of hydrogen-bond donors (Lipinski definition) is 0. The first-order chi connectivity index (χ1) is 10.6. The van der Waals surface area contributed by atoms with Gasteiger partial charge in [-0.15, -0.1) is 0 Å². The summed E-state index contributed by atoms with van der Waals surface area (Å²) in [5.74, 6) is -0.424. The van der Waals surface area contributed by atoms with Crippen LogP contribution in [-0.2, 0) is 11.3 Å². The van der Waals surface area contributed by atoms with Crippen molar-refractivity contribution in [1.29, 1.82) is 0 Å². The molecule has 2 nitrogen and oxygen atoms in total. The van der Waals surface area contributed by atoms with Gasteiger partial charge in [-0.05, 0) is 40.6 Å². The Labute approximate surface area is 138 Å². The zero-order valence-corrected chi connectivity index (χ0v) is 13.1. The van der Waals surface area contributed by atoms with Gasteiger partial charge in [0, 0.05) is 0 Å². The standard InChI is InChI=1S/C18H12Cl2O2/c19-16-8-7-15(10-17(16)20)18(21)22-11-12-5-6-13-3-1-2-4-14(13)9-12/h1-10H,11H2. The van der Waals surface area contributed by atoms with Crippen LogP contribution in [-0.4, -0.2) is 5.97 Å². The summed E-state index contributed by atoms with van der Waals surface area (Å²) in [6, 6.07) is 18.7. The van der Waals surface area contributed by atoms with E-state index >= 15 is 0 Å². The fourth-order valence-electron chi connectivity index (χ4n) is 2.18. The SMILES string of the molecule is O=C(OCc1ccc2ccccc2c1)c1ccc(Cl)c(Cl)c1. The Morgan fingerprint density at radius 1 is 0.864 bits per heavy atom. The highest BCUT2D eigenvalue weighted by Crippen LogP contribution is 2.23. The number of fused-ring (bicyclic) bond motifs is 1. The average Bonchev–Trinajstić information content (AvgIpc) is 2.55. The summed E-state index contributed by atoms with van der Waals surface area (Å²) < 4.78 is 5.32. The second-order valence-corrected chi connectivity index (χ2v) is 5.70. The minimum Gasteiger partial charge on any atom is -0.457 e. The van der Waals surface area contributed by atoms with Crippen LogP contribution in [0.4, 0.5) is 0 Å². The Balaban J connectivity index is 1.72. The van der Waals surface area contributed by atoms with E-state index in [0.29, 0.717) is 15.6 Å². The molecule has 0 N–H and O–H groups in total. The van der Waals surface area contributed by atoms with E-state index in [-0.39, 0.29) is 6.61 Å². The molecule has 4 heteroatoms. The summed E-state index contributed by atoms with van der Waals surface area (Å²) in [6.45, 7) is 0.212. The van der Waals surface area contributed by atoms with Crippen molar-refractivity contribution in [3.8, 4) is 0 Å². The lowest BCUT2D eigenvalue weighted by Crippen LogP contribution is -2.05.